The maximum absolute atomic E-state index is 12.6. The molecule has 1 aliphatic rings. The van der Waals surface area contributed by atoms with E-state index in [0.717, 1.165) is 0 Å². The van der Waals surface area contributed by atoms with Crippen LogP contribution in [-0.4, -0.2) is 16.5 Å². The third-order valence-corrected chi connectivity index (χ3v) is 3.71. The number of fused-ring (bicyclic) bond motifs is 2. The standard InChI is InChI=1S/C16H11NO4/c1-2-9-7-8-12-13(14(9)17(20)21)16(19)11-6-4-3-5-10(11)15(12)18/h3-8H,2H2,1H3. The number of rotatable bonds is 2. The molecule has 0 heterocycles. The summed E-state index contributed by atoms with van der Waals surface area (Å²) >= 11 is 0. The van der Waals surface area contributed by atoms with Gasteiger partial charge in [-0.1, -0.05) is 37.3 Å². The zero-order valence-electron chi connectivity index (χ0n) is 11.3. The molecule has 0 aromatic heterocycles. The molecule has 0 aliphatic heterocycles. The molecule has 0 saturated carbocycles. The van der Waals surface area contributed by atoms with Gasteiger partial charge in [0.2, 0.25) is 5.78 Å². The van der Waals surface area contributed by atoms with Crippen LogP contribution in [-0.2, 0) is 6.42 Å². The molecule has 5 heteroatoms. The van der Waals surface area contributed by atoms with Gasteiger partial charge in [-0.25, -0.2) is 0 Å². The second-order valence-corrected chi connectivity index (χ2v) is 4.81. The Balaban J connectivity index is 2.38. The van der Waals surface area contributed by atoms with Crippen LogP contribution >= 0.6 is 0 Å². The van der Waals surface area contributed by atoms with Crippen LogP contribution in [0.5, 0.6) is 0 Å². The molecular formula is C16H11NO4. The molecule has 0 bridgehead atoms. The fourth-order valence-corrected chi connectivity index (χ4v) is 2.71. The lowest BCUT2D eigenvalue weighted by molar-refractivity contribution is -0.385. The van der Waals surface area contributed by atoms with Crippen LogP contribution in [0.2, 0.25) is 0 Å². The van der Waals surface area contributed by atoms with Crippen molar-refractivity contribution in [3.63, 3.8) is 0 Å². The van der Waals surface area contributed by atoms with Crippen LogP contribution in [0.25, 0.3) is 0 Å². The highest BCUT2D eigenvalue weighted by Crippen LogP contribution is 2.35. The van der Waals surface area contributed by atoms with Gasteiger partial charge in [-0.05, 0) is 12.5 Å². The van der Waals surface area contributed by atoms with Crippen molar-refractivity contribution in [2.45, 2.75) is 13.3 Å². The average Bonchev–Trinajstić information content (AvgIpc) is 2.51. The topological polar surface area (TPSA) is 77.3 Å². The number of nitro groups is 1. The average molecular weight is 281 g/mol. The van der Waals surface area contributed by atoms with Crippen LogP contribution in [0.15, 0.2) is 36.4 Å². The first kappa shape index (κ1) is 13.2. The molecular weight excluding hydrogens is 270 g/mol. The molecule has 0 fully saturated rings. The van der Waals surface area contributed by atoms with E-state index in [1.54, 1.807) is 31.2 Å². The Morgan fingerprint density at radius 2 is 1.57 bits per heavy atom. The predicted molar refractivity (Wildman–Crippen MR) is 75.8 cm³/mol. The largest absolute Gasteiger partial charge is 0.289 e. The third-order valence-electron chi connectivity index (χ3n) is 3.71. The maximum atomic E-state index is 12.6. The minimum absolute atomic E-state index is 0.0805. The molecule has 1 aliphatic carbocycles. The normalized spacial score (nSPS) is 12.8. The van der Waals surface area contributed by atoms with Crippen molar-refractivity contribution in [3.05, 3.63) is 74.3 Å². The number of carbonyl (C=O) groups excluding carboxylic acids is 2. The highest BCUT2D eigenvalue weighted by molar-refractivity contribution is 6.29. The van der Waals surface area contributed by atoms with Crippen LogP contribution in [0.4, 0.5) is 5.69 Å². The first-order valence-electron chi connectivity index (χ1n) is 6.55. The number of benzene rings is 2. The van der Waals surface area contributed by atoms with Crippen LogP contribution in [0.3, 0.4) is 0 Å². The Morgan fingerprint density at radius 3 is 2.14 bits per heavy atom. The van der Waals surface area contributed by atoms with E-state index in [9.17, 15) is 19.7 Å². The fraction of sp³-hybridized carbons (Fsp3) is 0.125. The van der Waals surface area contributed by atoms with Crippen molar-refractivity contribution in [1.82, 2.24) is 0 Å². The highest BCUT2D eigenvalue weighted by atomic mass is 16.6. The van der Waals surface area contributed by atoms with Gasteiger partial charge >= 0.3 is 0 Å². The van der Waals surface area contributed by atoms with Gasteiger partial charge in [-0.15, -0.1) is 0 Å². The van der Waals surface area contributed by atoms with Crippen LogP contribution in [0.1, 0.15) is 44.3 Å². The molecule has 3 rings (SSSR count). The Morgan fingerprint density at radius 1 is 0.952 bits per heavy atom. The van der Waals surface area contributed by atoms with E-state index < -0.39 is 10.7 Å². The van der Waals surface area contributed by atoms with Crippen molar-refractivity contribution in [2.75, 3.05) is 0 Å². The SMILES string of the molecule is CCc1ccc2c(c1[N+](=O)[O-])C(=O)c1ccccc1C2=O. The van der Waals surface area contributed by atoms with Crippen molar-refractivity contribution in [3.8, 4) is 0 Å². The summed E-state index contributed by atoms with van der Waals surface area (Å²) < 4.78 is 0. The Hall–Kier alpha value is -2.82. The molecule has 0 spiro atoms. The summed E-state index contributed by atoms with van der Waals surface area (Å²) in [6, 6.07) is 9.47. The smallest absolute Gasteiger partial charge is 0.284 e. The molecule has 0 amide bonds. The summed E-state index contributed by atoms with van der Waals surface area (Å²) in [6.45, 7) is 1.78. The van der Waals surface area contributed by atoms with Crippen molar-refractivity contribution in [1.29, 1.82) is 0 Å². The van der Waals surface area contributed by atoms with Gasteiger partial charge in [0.15, 0.2) is 5.78 Å². The number of carbonyl (C=O) groups is 2. The summed E-state index contributed by atoms with van der Waals surface area (Å²) in [4.78, 5) is 35.8. The lowest BCUT2D eigenvalue weighted by Crippen LogP contribution is -2.22. The quantitative estimate of drug-likeness (QED) is 0.534. The van der Waals surface area contributed by atoms with Crippen LogP contribution in [0, 0.1) is 10.1 Å². The maximum Gasteiger partial charge on any atom is 0.284 e. The van der Waals surface area contributed by atoms with Crippen LogP contribution < -0.4 is 0 Å². The third kappa shape index (κ3) is 1.78. The summed E-state index contributed by atoms with van der Waals surface area (Å²) in [5.41, 5.74) is 0.771. The summed E-state index contributed by atoms with van der Waals surface area (Å²) in [5.74, 6) is -0.798. The van der Waals surface area contributed by atoms with Gasteiger partial charge in [0.1, 0.15) is 5.56 Å². The van der Waals surface area contributed by atoms with E-state index in [1.165, 1.54) is 12.1 Å². The monoisotopic (exact) mass is 281 g/mol. The summed E-state index contributed by atoms with van der Waals surface area (Å²) in [5, 5.41) is 11.4. The minimum Gasteiger partial charge on any atom is -0.289 e. The van der Waals surface area contributed by atoms with Gasteiger partial charge in [-0.2, -0.15) is 0 Å². The Bertz CT molecular complexity index is 808. The molecule has 21 heavy (non-hydrogen) atoms. The van der Waals surface area contributed by atoms with E-state index in [1.807, 2.05) is 0 Å². The second-order valence-electron chi connectivity index (χ2n) is 4.81. The Labute approximate surface area is 120 Å². The Kier molecular flexibility index (Phi) is 2.90. The van der Waals surface area contributed by atoms with E-state index in [4.69, 9.17) is 0 Å². The summed E-state index contributed by atoms with van der Waals surface area (Å²) in [6.07, 6.45) is 0.423. The van der Waals surface area contributed by atoms with Crippen molar-refractivity contribution < 1.29 is 14.5 Å². The molecule has 0 atom stereocenters. The second kappa shape index (κ2) is 4.63. The van der Waals surface area contributed by atoms with Crippen molar-refractivity contribution in [2.24, 2.45) is 0 Å². The number of aryl methyl sites for hydroxylation is 1. The lowest BCUT2D eigenvalue weighted by Gasteiger charge is -2.18. The lowest BCUT2D eigenvalue weighted by atomic mass is 9.82. The van der Waals surface area contributed by atoms with E-state index in [0.29, 0.717) is 17.5 Å². The minimum atomic E-state index is -0.573. The highest BCUT2D eigenvalue weighted by Gasteiger charge is 2.36. The number of hydrogen-bond donors (Lipinski definition) is 0. The zero-order chi connectivity index (χ0) is 15.1. The number of hydrogen-bond acceptors (Lipinski definition) is 4. The number of ketones is 2. The number of nitrogens with zero attached hydrogens (tertiary/aromatic N) is 1. The molecule has 5 nitrogen and oxygen atoms in total. The van der Waals surface area contributed by atoms with E-state index in [2.05, 4.69) is 0 Å². The first-order chi connectivity index (χ1) is 10.1. The molecule has 0 N–H and O–H groups in total. The molecule has 2 aromatic carbocycles. The molecule has 0 radical (unpaired) electrons. The molecule has 2 aromatic rings. The molecule has 0 saturated heterocycles. The van der Waals surface area contributed by atoms with Gasteiger partial charge in [0, 0.05) is 22.3 Å². The number of nitro benzene ring substituents is 1. The van der Waals surface area contributed by atoms with Gasteiger partial charge in [-0.3, -0.25) is 19.7 Å². The van der Waals surface area contributed by atoms with E-state index in [-0.39, 0.29) is 28.2 Å². The molecule has 104 valence electrons. The predicted octanol–water partition coefficient (Wildman–Crippen LogP) is 2.93. The summed E-state index contributed by atoms with van der Waals surface area (Å²) in [7, 11) is 0. The van der Waals surface area contributed by atoms with Crippen molar-refractivity contribution >= 4 is 17.3 Å². The van der Waals surface area contributed by atoms with Gasteiger partial charge in [0.05, 0.1) is 4.92 Å². The van der Waals surface area contributed by atoms with E-state index >= 15 is 0 Å². The fourth-order valence-electron chi connectivity index (χ4n) is 2.71. The van der Waals surface area contributed by atoms with Gasteiger partial charge < -0.3 is 0 Å². The molecule has 0 unspecified atom stereocenters. The van der Waals surface area contributed by atoms with Gasteiger partial charge in [0.25, 0.3) is 5.69 Å². The first-order valence-corrected chi connectivity index (χ1v) is 6.55. The zero-order valence-corrected chi connectivity index (χ0v) is 11.3.